The summed E-state index contributed by atoms with van der Waals surface area (Å²) in [6.45, 7) is 3.31. The van der Waals surface area contributed by atoms with Crippen molar-refractivity contribution in [1.82, 2.24) is 10.6 Å². The van der Waals surface area contributed by atoms with Crippen molar-refractivity contribution in [2.24, 2.45) is 17.2 Å². The zero-order chi connectivity index (χ0) is 26.9. The van der Waals surface area contributed by atoms with Gasteiger partial charge in [0.15, 0.2) is 0 Å². The van der Waals surface area contributed by atoms with Gasteiger partial charge in [-0.15, -0.1) is 0 Å². The van der Waals surface area contributed by atoms with E-state index in [1.807, 2.05) is 0 Å². The summed E-state index contributed by atoms with van der Waals surface area (Å²) in [7, 11) is 0. The van der Waals surface area contributed by atoms with Gasteiger partial charge in [-0.2, -0.15) is 0 Å². The minimum Gasteiger partial charge on any atom is -0.368 e. The van der Waals surface area contributed by atoms with Crippen LogP contribution in [0.25, 0.3) is 0 Å². The summed E-state index contributed by atoms with van der Waals surface area (Å²) in [6.07, 6.45) is 20.6. The van der Waals surface area contributed by atoms with Gasteiger partial charge in [0.05, 0.1) is 0 Å². The highest BCUT2D eigenvalue weighted by Gasteiger charge is 2.25. The topological polar surface area (TPSA) is 153 Å². The lowest BCUT2D eigenvalue weighted by Gasteiger charge is -2.22. The van der Waals surface area contributed by atoms with Crippen molar-refractivity contribution in [1.29, 1.82) is 0 Å². The standard InChI is InChI=1S/C28H57N5O3/c1-2-3-4-5-6-7-8-9-10-11-12-13-14-21-26(34)32-25(20-16-18-23-30)28(36)33-24(27(31)35)19-15-17-22-29/h24-25H,2-23,29-30H2,1H3,(H2,31,35)(H,32,34)(H,33,36)/t24-,25-/m0/s1. The van der Waals surface area contributed by atoms with E-state index >= 15 is 0 Å². The lowest BCUT2D eigenvalue weighted by Crippen LogP contribution is -2.53. The van der Waals surface area contributed by atoms with Crippen LogP contribution in [-0.4, -0.2) is 42.9 Å². The molecule has 212 valence electrons. The van der Waals surface area contributed by atoms with E-state index in [0.29, 0.717) is 38.8 Å². The third-order valence-corrected chi connectivity index (χ3v) is 6.71. The van der Waals surface area contributed by atoms with Gasteiger partial charge in [0.25, 0.3) is 0 Å². The first kappa shape index (κ1) is 34.3. The highest BCUT2D eigenvalue weighted by atomic mass is 16.2. The van der Waals surface area contributed by atoms with Crippen molar-refractivity contribution in [2.75, 3.05) is 13.1 Å². The average molecular weight is 512 g/mol. The van der Waals surface area contributed by atoms with Crippen molar-refractivity contribution in [3.05, 3.63) is 0 Å². The number of amides is 3. The minimum atomic E-state index is -0.751. The van der Waals surface area contributed by atoms with E-state index in [0.717, 1.165) is 38.5 Å². The summed E-state index contributed by atoms with van der Waals surface area (Å²) >= 11 is 0. The molecule has 0 aliphatic carbocycles. The first-order valence-electron chi connectivity index (χ1n) is 14.7. The summed E-state index contributed by atoms with van der Waals surface area (Å²) < 4.78 is 0. The van der Waals surface area contributed by atoms with Crippen LogP contribution in [0.15, 0.2) is 0 Å². The van der Waals surface area contributed by atoms with Gasteiger partial charge in [0.2, 0.25) is 17.7 Å². The molecule has 0 bridgehead atoms. The molecule has 0 radical (unpaired) electrons. The highest BCUT2D eigenvalue weighted by Crippen LogP contribution is 2.13. The van der Waals surface area contributed by atoms with Crippen LogP contribution < -0.4 is 27.8 Å². The molecule has 8 heteroatoms. The summed E-state index contributed by atoms with van der Waals surface area (Å²) in [6, 6.07) is -1.43. The van der Waals surface area contributed by atoms with Gasteiger partial charge in [0, 0.05) is 6.42 Å². The molecule has 0 saturated heterocycles. The number of rotatable bonds is 26. The van der Waals surface area contributed by atoms with E-state index in [1.54, 1.807) is 0 Å². The molecular weight excluding hydrogens is 454 g/mol. The molecule has 8 N–H and O–H groups in total. The van der Waals surface area contributed by atoms with E-state index in [1.165, 1.54) is 64.2 Å². The van der Waals surface area contributed by atoms with Gasteiger partial charge < -0.3 is 27.8 Å². The molecule has 0 unspecified atom stereocenters. The molecule has 0 saturated carbocycles. The Kier molecular flexibility index (Phi) is 23.8. The molecular formula is C28H57N5O3. The number of nitrogens with two attached hydrogens (primary N) is 3. The molecule has 2 atom stereocenters. The van der Waals surface area contributed by atoms with E-state index in [2.05, 4.69) is 17.6 Å². The van der Waals surface area contributed by atoms with Crippen LogP contribution in [0.2, 0.25) is 0 Å². The maximum absolute atomic E-state index is 12.8. The fourth-order valence-electron chi connectivity index (χ4n) is 4.38. The molecule has 3 amide bonds. The zero-order valence-corrected chi connectivity index (χ0v) is 23.2. The molecule has 36 heavy (non-hydrogen) atoms. The Morgan fingerprint density at radius 1 is 0.583 bits per heavy atom. The third kappa shape index (κ3) is 20.5. The number of hydrogen-bond acceptors (Lipinski definition) is 5. The monoisotopic (exact) mass is 511 g/mol. The van der Waals surface area contributed by atoms with E-state index in [-0.39, 0.29) is 11.8 Å². The fourth-order valence-corrected chi connectivity index (χ4v) is 4.38. The Balaban J connectivity index is 4.20. The molecule has 0 aliphatic heterocycles. The average Bonchev–Trinajstić information content (AvgIpc) is 2.85. The molecule has 0 aliphatic rings. The molecule has 0 aromatic rings. The van der Waals surface area contributed by atoms with E-state index < -0.39 is 18.0 Å². The van der Waals surface area contributed by atoms with Crippen LogP contribution in [0.1, 0.15) is 135 Å². The van der Waals surface area contributed by atoms with Crippen molar-refractivity contribution in [3.63, 3.8) is 0 Å². The van der Waals surface area contributed by atoms with Crippen LogP contribution in [0.3, 0.4) is 0 Å². The van der Waals surface area contributed by atoms with Crippen LogP contribution in [0, 0.1) is 0 Å². The molecule has 0 aromatic carbocycles. The van der Waals surface area contributed by atoms with Gasteiger partial charge in [0.1, 0.15) is 12.1 Å². The van der Waals surface area contributed by atoms with Gasteiger partial charge in [-0.05, 0) is 58.0 Å². The van der Waals surface area contributed by atoms with Crippen LogP contribution in [-0.2, 0) is 14.4 Å². The lowest BCUT2D eigenvalue weighted by molar-refractivity contribution is -0.131. The van der Waals surface area contributed by atoms with Crippen molar-refractivity contribution in [2.45, 2.75) is 147 Å². The maximum Gasteiger partial charge on any atom is 0.243 e. The van der Waals surface area contributed by atoms with Gasteiger partial charge in [-0.3, -0.25) is 14.4 Å². The number of primary amides is 1. The molecule has 0 heterocycles. The number of carbonyl (C=O) groups excluding carboxylic acids is 3. The second-order valence-corrected chi connectivity index (χ2v) is 10.1. The Bertz CT molecular complexity index is 559. The quantitative estimate of drug-likeness (QED) is 0.110. The predicted octanol–water partition coefficient (Wildman–Crippen LogP) is 4.18. The fraction of sp³-hybridized carbons (Fsp3) is 0.893. The Morgan fingerprint density at radius 2 is 1.03 bits per heavy atom. The lowest BCUT2D eigenvalue weighted by atomic mass is 10.0. The Labute approximate surface area is 220 Å². The van der Waals surface area contributed by atoms with Gasteiger partial charge in [-0.1, -0.05) is 84.0 Å². The Morgan fingerprint density at radius 3 is 1.47 bits per heavy atom. The number of hydrogen-bond donors (Lipinski definition) is 5. The second-order valence-electron chi connectivity index (χ2n) is 10.1. The van der Waals surface area contributed by atoms with E-state index in [9.17, 15) is 14.4 Å². The summed E-state index contributed by atoms with van der Waals surface area (Å²) in [4.78, 5) is 37.1. The molecule has 0 rings (SSSR count). The largest absolute Gasteiger partial charge is 0.368 e. The predicted molar refractivity (Wildman–Crippen MR) is 149 cm³/mol. The summed E-state index contributed by atoms with van der Waals surface area (Å²) in [5.74, 6) is -1.05. The number of carbonyl (C=O) groups is 3. The molecule has 0 aromatic heterocycles. The van der Waals surface area contributed by atoms with Crippen molar-refractivity contribution >= 4 is 17.7 Å². The Hall–Kier alpha value is -1.67. The van der Waals surface area contributed by atoms with Crippen LogP contribution in [0.4, 0.5) is 0 Å². The second kappa shape index (κ2) is 25.0. The van der Waals surface area contributed by atoms with Crippen LogP contribution in [0.5, 0.6) is 0 Å². The van der Waals surface area contributed by atoms with E-state index in [4.69, 9.17) is 17.2 Å². The number of unbranched alkanes of at least 4 members (excludes halogenated alkanes) is 14. The SMILES string of the molecule is CCCCCCCCCCCCCCCC(=O)N[C@@H](CCCCN)C(=O)N[C@@H](CCCCN)C(N)=O. The zero-order valence-electron chi connectivity index (χ0n) is 23.2. The molecule has 0 fully saturated rings. The smallest absolute Gasteiger partial charge is 0.243 e. The van der Waals surface area contributed by atoms with Crippen LogP contribution >= 0.6 is 0 Å². The van der Waals surface area contributed by atoms with Crippen molar-refractivity contribution < 1.29 is 14.4 Å². The third-order valence-electron chi connectivity index (χ3n) is 6.71. The number of nitrogens with one attached hydrogen (secondary N) is 2. The highest BCUT2D eigenvalue weighted by molar-refractivity contribution is 5.91. The summed E-state index contributed by atoms with van der Waals surface area (Å²) in [5, 5.41) is 5.59. The minimum absolute atomic E-state index is 0.121. The van der Waals surface area contributed by atoms with Gasteiger partial charge in [-0.25, -0.2) is 0 Å². The maximum atomic E-state index is 12.8. The first-order valence-corrected chi connectivity index (χ1v) is 14.7. The summed E-state index contributed by atoms with van der Waals surface area (Å²) in [5.41, 5.74) is 16.6. The molecule has 8 nitrogen and oxygen atoms in total. The van der Waals surface area contributed by atoms with Gasteiger partial charge >= 0.3 is 0 Å². The first-order chi connectivity index (χ1) is 17.5. The normalized spacial score (nSPS) is 12.8. The molecule has 0 spiro atoms. The van der Waals surface area contributed by atoms with Crippen molar-refractivity contribution in [3.8, 4) is 0 Å².